The molecule has 0 saturated heterocycles. The molecule has 10 heteroatoms. The molecular formula is C27H30IN7O2. The van der Waals surface area contributed by atoms with Crippen LogP contribution in [-0.4, -0.2) is 47.0 Å². The fourth-order valence-corrected chi connectivity index (χ4v) is 4.42. The number of benzene rings is 2. The maximum Gasteiger partial charge on any atom is 0.229 e. The number of carbonyl (C=O) groups excluding carboxylic acids is 1. The number of hydrogen-bond acceptors (Lipinski definition) is 8. The van der Waals surface area contributed by atoms with Crippen LogP contribution in [0.3, 0.4) is 0 Å². The molecule has 2 aromatic carbocycles. The van der Waals surface area contributed by atoms with Crippen molar-refractivity contribution in [3.05, 3.63) is 65.4 Å². The summed E-state index contributed by atoms with van der Waals surface area (Å²) in [6.07, 6.45) is 2.64. The van der Waals surface area contributed by atoms with Gasteiger partial charge in [-0.3, -0.25) is 9.69 Å². The van der Waals surface area contributed by atoms with E-state index in [0.717, 1.165) is 33.5 Å². The zero-order chi connectivity index (χ0) is 26.0. The van der Waals surface area contributed by atoms with Gasteiger partial charge in [0, 0.05) is 36.2 Å². The lowest BCUT2D eigenvalue weighted by Gasteiger charge is -2.21. The third-order valence-corrected chi connectivity index (χ3v) is 6.83. The first-order chi connectivity index (χ1) is 18.1. The van der Waals surface area contributed by atoms with Crippen molar-refractivity contribution in [2.24, 2.45) is 0 Å². The molecule has 1 aromatic heterocycles. The molecule has 37 heavy (non-hydrogen) atoms. The van der Waals surface area contributed by atoms with E-state index in [2.05, 4.69) is 72.5 Å². The van der Waals surface area contributed by atoms with Crippen molar-refractivity contribution in [2.75, 3.05) is 36.9 Å². The van der Waals surface area contributed by atoms with E-state index in [0.29, 0.717) is 62.2 Å². The molecule has 4 bridgehead atoms. The quantitative estimate of drug-likeness (QED) is 0.278. The van der Waals surface area contributed by atoms with Gasteiger partial charge >= 0.3 is 0 Å². The summed E-state index contributed by atoms with van der Waals surface area (Å²) in [5.41, 5.74) is 4.13. The lowest BCUT2D eigenvalue weighted by atomic mass is 10.1. The number of halogens is 1. The zero-order valence-electron chi connectivity index (χ0n) is 20.8. The van der Waals surface area contributed by atoms with Gasteiger partial charge in [-0.1, -0.05) is 47.7 Å². The van der Waals surface area contributed by atoms with Crippen molar-refractivity contribution >= 4 is 51.6 Å². The van der Waals surface area contributed by atoms with Gasteiger partial charge in [0.15, 0.2) is 5.82 Å². The van der Waals surface area contributed by atoms with Gasteiger partial charge in [-0.25, -0.2) is 4.98 Å². The fourth-order valence-electron chi connectivity index (χ4n) is 3.94. The average Bonchev–Trinajstić information content (AvgIpc) is 2.91. The number of alkyl halides is 1. The Morgan fingerprint density at radius 3 is 2.92 bits per heavy atom. The first kappa shape index (κ1) is 26.6. The highest BCUT2D eigenvalue weighted by molar-refractivity contribution is 14.1. The van der Waals surface area contributed by atoms with Crippen LogP contribution in [0.4, 0.5) is 23.1 Å². The molecule has 0 aliphatic carbocycles. The number of ether oxygens (including phenoxy) is 1. The highest BCUT2D eigenvalue weighted by Gasteiger charge is 2.13. The molecule has 4 rings (SSSR count). The molecule has 0 spiro atoms. The summed E-state index contributed by atoms with van der Waals surface area (Å²) in [5.74, 6) is 1.48. The number of nitrogens with zero attached hydrogens (tertiary/aromatic N) is 4. The van der Waals surface area contributed by atoms with Crippen LogP contribution in [0.25, 0.3) is 0 Å². The highest BCUT2D eigenvalue weighted by atomic mass is 127. The van der Waals surface area contributed by atoms with Crippen molar-refractivity contribution in [3.63, 3.8) is 0 Å². The van der Waals surface area contributed by atoms with Crippen molar-refractivity contribution in [2.45, 2.75) is 30.7 Å². The standard InChI is InChI=1S/C27H30IN7O2/c1-2-35-11-9-25(36)30-10-4-12-37-24-8-7-19(15-28)14-23(24)33-27-31-17-21(16-29)26(34-27)32-22-6-3-5-20(13-22)18-35/h3,5-8,13-14,17H,2,4,9-12,15,18H2,1H3,(H,30,36)(H2,31,32,33,34). The van der Waals surface area contributed by atoms with Gasteiger partial charge in [-0.05, 0) is 48.4 Å². The number of nitriles is 1. The Balaban J connectivity index is 1.67. The Labute approximate surface area is 230 Å². The van der Waals surface area contributed by atoms with Crippen molar-refractivity contribution in [1.29, 1.82) is 5.26 Å². The minimum atomic E-state index is 0.0386. The number of aromatic nitrogens is 2. The molecule has 0 radical (unpaired) electrons. The van der Waals surface area contributed by atoms with Crippen LogP contribution in [0.1, 0.15) is 36.5 Å². The van der Waals surface area contributed by atoms with Crippen LogP contribution in [0.15, 0.2) is 48.7 Å². The largest absolute Gasteiger partial charge is 0.491 e. The van der Waals surface area contributed by atoms with E-state index in [9.17, 15) is 10.1 Å². The summed E-state index contributed by atoms with van der Waals surface area (Å²) in [4.78, 5) is 23.6. The predicted octanol–water partition coefficient (Wildman–Crippen LogP) is 4.88. The van der Waals surface area contributed by atoms with Gasteiger partial charge in [0.25, 0.3) is 0 Å². The molecule has 9 nitrogen and oxygen atoms in total. The Morgan fingerprint density at radius 2 is 2.11 bits per heavy atom. The monoisotopic (exact) mass is 611 g/mol. The van der Waals surface area contributed by atoms with Crippen LogP contribution < -0.4 is 20.7 Å². The molecule has 1 aliphatic rings. The van der Waals surface area contributed by atoms with E-state index < -0.39 is 0 Å². The second-order valence-corrected chi connectivity index (χ2v) is 9.42. The summed E-state index contributed by atoms with van der Waals surface area (Å²) >= 11 is 2.31. The first-order valence-corrected chi connectivity index (χ1v) is 13.8. The van der Waals surface area contributed by atoms with Crippen LogP contribution in [0, 0.1) is 11.3 Å². The summed E-state index contributed by atoms with van der Waals surface area (Å²) in [7, 11) is 0. The smallest absolute Gasteiger partial charge is 0.229 e. The van der Waals surface area contributed by atoms with Gasteiger partial charge < -0.3 is 20.7 Å². The van der Waals surface area contributed by atoms with Gasteiger partial charge in [-0.15, -0.1) is 0 Å². The number of hydrogen-bond donors (Lipinski definition) is 3. The second-order valence-electron chi connectivity index (χ2n) is 8.65. The molecule has 2 heterocycles. The third-order valence-electron chi connectivity index (χ3n) is 5.95. The van der Waals surface area contributed by atoms with Crippen molar-refractivity contribution in [1.82, 2.24) is 20.2 Å². The summed E-state index contributed by atoms with van der Waals surface area (Å²) in [6, 6.07) is 16.1. The molecule has 1 amide bonds. The summed E-state index contributed by atoms with van der Waals surface area (Å²) in [5, 5.41) is 19.2. The number of amides is 1. The number of fused-ring (bicyclic) bond motifs is 5. The Morgan fingerprint density at radius 1 is 1.22 bits per heavy atom. The van der Waals surface area contributed by atoms with E-state index in [1.165, 1.54) is 6.20 Å². The maximum absolute atomic E-state index is 12.4. The minimum absolute atomic E-state index is 0.0386. The molecule has 0 atom stereocenters. The Hall–Kier alpha value is -3.43. The summed E-state index contributed by atoms with van der Waals surface area (Å²) < 4.78 is 6.88. The van der Waals surface area contributed by atoms with E-state index >= 15 is 0 Å². The minimum Gasteiger partial charge on any atom is -0.491 e. The zero-order valence-corrected chi connectivity index (χ0v) is 22.9. The fraction of sp³-hybridized carbons (Fsp3) is 0.333. The SMILES string of the molecule is CCN1CCC(=O)NCCCOc2ccc(CI)cc2Nc2ncc(C#N)c(n2)Nc2cccc(c2)C1. The van der Waals surface area contributed by atoms with E-state index in [-0.39, 0.29) is 5.91 Å². The van der Waals surface area contributed by atoms with E-state index in [4.69, 9.17) is 4.74 Å². The lowest BCUT2D eigenvalue weighted by molar-refractivity contribution is -0.121. The topological polar surface area (TPSA) is 115 Å². The van der Waals surface area contributed by atoms with Gasteiger partial charge in [0.1, 0.15) is 17.4 Å². The van der Waals surface area contributed by atoms with Gasteiger partial charge in [-0.2, -0.15) is 10.2 Å². The number of anilines is 4. The Kier molecular flexibility index (Phi) is 9.51. The van der Waals surface area contributed by atoms with Crippen molar-refractivity contribution < 1.29 is 9.53 Å². The normalized spacial score (nSPS) is 15.1. The van der Waals surface area contributed by atoms with E-state index in [1.807, 2.05) is 36.4 Å². The number of rotatable bonds is 2. The molecule has 3 aromatic rings. The summed E-state index contributed by atoms with van der Waals surface area (Å²) in [6.45, 7) is 5.31. The van der Waals surface area contributed by atoms with E-state index in [1.54, 1.807) is 0 Å². The second kappa shape index (κ2) is 13.2. The molecule has 192 valence electrons. The predicted molar refractivity (Wildman–Crippen MR) is 153 cm³/mol. The lowest BCUT2D eigenvalue weighted by Crippen LogP contribution is -2.31. The molecular weight excluding hydrogens is 581 g/mol. The Bertz CT molecular complexity index is 1280. The first-order valence-electron chi connectivity index (χ1n) is 12.3. The molecule has 0 unspecified atom stereocenters. The molecule has 1 aliphatic heterocycles. The molecule has 3 N–H and O–H groups in total. The highest BCUT2D eigenvalue weighted by Crippen LogP contribution is 2.30. The number of carbonyl (C=O) groups is 1. The van der Waals surface area contributed by atoms with Crippen LogP contribution in [-0.2, 0) is 15.8 Å². The van der Waals surface area contributed by atoms with Crippen LogP contribution in [0.2, 0.25) is 0 Å². The van der Waals surface area contributed by atoms with Crippen LogP contribution in [0.5, 0.6) is 5.75 Å². The number of nitrogens with one attached hydrogen (secondary N) is 3. The average molecular weight is 611 g/mol. The third kappa shape index (κ3) is 7.53. The van der Waals surface area contributed by atoms with Crippen molar-refractivity contribution in [3.8, 4) is 11.8 Å². The maximum atomic E-state index is 12.4. The molecule has 0 fully saturated rings. The van der Waals surface area contributed by atoms with Gasteiger partial charge in [0.05, 0.1) is 18.5 Å². The van der Waals surface area contributed by atoms with Gasteiger partial charge in [0.2, 0.25) is 11.9 Å². The van der Waals surface area contributed by atoms with Crippen LogP contribution >= 0.6 is 22.6 Å². The molecule has 0 saturated carbocycles.